The van der Waals surface area contributed by atoms with E-state index in [1.165, 1.54) is 17.4 Å². The van der Waals surface area contributed by atoms with Crippen LogP contribution in [0.25, 0.3) is 10.8 Å². The highest BCUT2D eigenvalue weighted by molar-refractivity contribution is 7.13. The second-order valence-corrected chi connectivity index (χ2v) is 5.46. The van der Waals surface area contributed by atoms with E-state index >= 15 is 0 Å². The molecule has 0 N–H and O–H groups in total. The molecule has 0 radical (unpaired) electrons. The number of rotatable bonds is 5. The average Bonchev–Trinajstić information content (AvgIpc) is 3.16. The monoisotopic (exact) mass is 317 g/mol. The highest BCUT2D eigenvalue weighted by atomic mass is 32.1. The first kappa shape index (κ1) is 14.2. The molecule has 2 heterocycles. The molecular formula is C14H11N3O4S. The maximum absolute atomic E-state index is 11.0. The lowest BCUT2D eigenvalue weighted by atomic mass is 10.2. The Hall–Kier alpha value is -2.74. The van der Waals surface area contributed by atoms with Crippen molar-refractivity contribution in [1.29, 1.82) is 0 Å². The molecule has 3 rings (SSSR count). The Kier molecular flexibility index (Phi) is 3.84. The van der Waals surface area contributed by atoms with E-state index in [4.69, 9.17) is 9.26 Å². The van der Waals surface area contributed by atoms with Crippen LogP contribution in [0.3, 0.4) is 0 Å². The molecule has 7 nitrogen and oxygen atoms in total. The quantitative estimate of drug-likeness (QED) is 0.527. The standard InChI is InChI=1S/C14H11N3O4S/c1-9-4-5-10(17(18)19)11(7-9)20-8-13-15-14(21-16-13)12-3-2-6-22-12/h2-7H,8H2,1H3. The van der Waals surface area contributed by atoms with Crippen LogP contribution in [0.1, 0.15) is 11.4 Å². The minimum atomic E-state index is -0.484. The third-order valence-corrected chi connectivity index (χ3v) is 3.73. The SMILES string of the molecule is Cc1ccc([N+](=O)[O-])c(OCc2noc(-c3cccs3)n2)c1. The first-order chi connectivity index (χ1) is 10.6. The number of hydrogen-bond donors (Lipinski definition) is 0. The molecule has 0 amide bonds. The number of aryl methyl sites for hydroxylation is 1. The fourth-order valence-corrected chi connectivity index (χ4v) is 2.49. The minimum absolute atomic E-state index is 0.000825. The Bertz CT molecular complexity index is 798. The molecule has 0 spiro atoms. The molecule has 0 saturated heterocycles. The highest BCUT2D eigenvalue weighted by Crippen LogP contribution is 2.28. The topological polar surface area (TPSA) is 91.3 Å². The van der Waals surface area contributed by atoms with Gasteiger partial charge in [0.15, 0.2) is 12.4 Å². The summed E-state index contributed by atoms with van der Waals surface area (Å²) in [4.78, 5) is 15.6. The second kappa shape index (κ2) is 5.94. The molecule has 8 heteroatoms. The van der Waals surface area contributed by atoms with Crippen LogP contribution in [-0.4, -0.2) is 15.1 Å². The number of nitro benzene ring substituents is 1. The lowest BCUT2D eigenvalue weighted by Gasteiger charge is -2.05. The first-order valence-electron chi connectivity index (χ1n) is 6.38. The summed E-state index contributed by atoms with van der Waals surface area (Å²) in [5.41, 5.74) is 0.778. The zero-order valence-electron chi connectivity index (χ0n) is 11.6. The van der Waals surface area contributed by atoms with Crippen molar-refractivity contribution in [2.75, 3.05) is 0 Å². The number of nitrogens with zero attached hydrogens (tertiary/aromatic N) is 3. The fraction of sp³-hybridized carbons (Fsp3) is 0.143. The molecule has 0 saturated carbocycles. The molecule has 3 aromatic rings. The summed E-state index contributed by atoms with van der Waals surface area (Å²) >= 11 is 1.49. The van der Waals surface area contributed by atoms with Crippen molar-refractivity contribution in [1.82, 2.24) is 10.1 Å². The van der Waals surface area contributed by atoms with E-state index in [2.05, 4.69) is 10.1 Å². The van der Waals surface area contributed by atoms with Crippen LogP contribution in [0.2, 0.25) is 0 Å². The average molecular weight is 317 g/mol. The molecule has 1 aromatic carbocycles. The molecule has 0 fully saturated rings. The Morgan fingerprint density at radius 2 is 2.27 bits per heavy atom. The van der Waals surface area contributed by atoms with Gasteiger partial charge in [-0.15, -0.1) is 11.3 Å². The molecule has 0 atom stereocenters. The van der Waals surface area contributed by atoms with Crippen molar-refractivity contribution < 1.29 is 14.2 Å². The van der Waals surface area contributed by atoms with Gasteiger partial charge in [-0.25, -0.2) is 0 Å². The van der Waals surface area contributed by atoms with Gasteiger partial charge in [-0.1, -0.05) is 17.3 Å². The molecule has 22 heavy (non-hydrogen) atoms. The van der Waals surface area contributed by atoms with Gasteiger partial charge in [0.1, 0.15) is 0 Å². The summed E-state index contributed by atoms with van der Waals surface area (Å²) in [6, 6.07) is 8.44. The summed E-state index contributed by atoms with van der Waals surface area (Å²) in [5, 5.41) is 16.7. The van der Waals surface area contributed by atoms with Gasteiger partial charge in [0.05, 0.1) is 9.80 Å². The molecule has 0 unspecified atom stereocenters. The Morgan fingerprint density at radius 1 is 1.41 bits per heavy atom. The molecular weight excluding hydrogens is 306 g/mol. The zero-order chi connectivity index (χ0) is 15.5. The third-order valence-electron chi connectivity index (χ3n) is 2.87. The predicted octanol–water partition coefficient (Wildman–Crippen LogP) is 3.59. The van der Waals surface area contributed by atoms with Crippen LogP contribution in [0.4, 0.5) is 5.69 Å². The molecule has 0 aliphatic rings. The van der Waals surface area contributed by atoms with Gasteiger partial charge in [-0.3, -0.25) is 10.1 Å². The molecule has 0 aliphatic heterocycles. The largest absolute Gasteiger partial charge is 0.478 e. The van der Waals surface area contributed by atoms with E-state index in [9.17, 15) is 10.1 Å². The molecule has 0 aliphatic carbocycles. The molecule has 112 valence electrons. The number of thiophene rings is 1. The normalized spacial score (nSPS) is 10.6. The van der Waals surface area contributed by atoms with Crippen LogP contribution in [-0.2, 0) is 6.61 Å². The van der Waals surface area contributed by atoms with Gasteiger partial charge >= 0.3 is 5.69 Å². The Labute approximate surface area is 129 Å². The van der Waals surface area contributed by atoms with Crippen molar-refractivity contribution in [2.45, 2.75) is 13.5 Å². The van der Waals surface area contributed by atoms with Crippen molar-refractivity contribution in [2.24, 2.45) is 0 Å². The molecule has 2 aromatic heterocycles. The maximum atomic E-state index is 11.0. The van der Waals surface area contributed by atoms with Gasteiger partial charge in [0.2, 0.25) is 5.82 Å². The van der Waals surface area contributed by atoms with E-state index in [1.807, 2.05) is 24.4 Å². The molecule has 0 bridgehead atoms. The van der Waals surface area contributed by atoms with Crippen LogP contribution in [0.5, 0.6) is 5.75 Å². The van der Waals surface area contributed by atoms with Crippen molar-refractivity contribution in [3.63, 3.8) is 0 Å². The van der Waals surface area contributed by atoms with Crippen molar-refractivity contribution in [3.8, 4) is 16.5 Å². The van der Waals surface area contributed by atoms with Crippen molar-refractivity contribution in [3.05, 3.63) is 57.2 Å². The number of ether oxygens (including phenoxy) is 1. The lowest BCUT2D eigenvalue weighted by molar-refractivity contribution is -0.386. The number of benzene rings is 1. The third kappa shape index (κ3) is 2.96. The second-order valence-electron chi connectivity index (χ2n) is 4.51. The van der Waals surface area contributed by atoms with Crippen LogP contribution < -0.4 is 4.74 Å². The summed E-state index contributed by atoms with van der Waals surface area (Å²) in [6.45, 7) is 1.83. The zero-order valence-corrected chi connectivity index (χ0v) is 12.4. The van der Waals surface area contributed by atoms with Crippen LogP contribution in [0.15, 0.2) is 40.2 Å². The number of aromatic nitrogens is 2. The van der Waals surface area contributed by atoms with Gasteiger partial charge < -0.3 is 9.26 Å². The van der Waals surface area contributed by atoms with E-state index in [0.29, 0.717) is 11.7 Å². The van der Waals surface area contributed by atoms with E-state index in [0.717, 1.165) is 10.4 Å². The highest BCUT2D eigenvalue weighted by Gasteiger charge is 2.16. The summed E-state index contributed by atoms with van der Waals surface area (Å²) in [7, 11) is 0. The summed E-state index contributed by atoms with van der Waals surface area (Å²) < 4.78 is 10.6. The minimum Gasteiger partial charge on any atom is -0.478 e. The van der Waals surface area contributed by atoms with E-state index in [-0.39, 0.29) is 18.0 Å². The van der Waals surface area contributed by atoms with Gasteiger partial charge in [0.25, 0.3) is 5.89 Å². The fourth-order valence-electron chi connectivity index (χ4n) is 1.84. The predicted molar refractivity (Wildman–Crippen MR) is 79.8 cm³/mol. The maximum Gasteiger partial charge on any atom is 0.310 e. The summed E-state index contributed by atoms with van der Waals surface area (Å²) in [5.74, 6) is 0.930. The van der Waals surface area contributed by atoms with Crippen LogP contribution in [0, 0.1) is 17.0 Å². The lowest BCUT2D eigenvalue weighted by Crippen LogP contribution is -2.01. The van der Waals surface area contributed by atoms with E-state index < -0.39 is 4.92 Å². The Morgan fingerprint density at radius 3 is 3.00 bits per heavy atom. The van der Waals surface area contributed by atoms with Crippen LogP contribution >= 0.6 is 11.3 Å². The Balaban J connectivity index is 1.76. The first-order valence-corrected chi connectivity index (χ1v) is 7.26. The smallest absolute Gasteiger partial charge is 0.310 e. The van der Waals surface area contributed by atoms with Crippen molar-refractivity contribution >= 4 is 17.0 Å². The van der Waals surface area contributed by atoms with Gasteiger partial charge in [0, 0.05) is 6.07 Å². The summed E-state index contributed by atoms with van der Waals surface area (Å²) in [6.07, 6.45) is 0. The number of hydrogen-bond acceptors (Lipinski definition) is 7. The van der Waals surface area contributed by atoms with Gasteiger partial charge in [-0.05, 0) is 30.0 Å². The van der Waals surface area contributed by atoms with E-state index in [1.54, 1.807) is 12.1 Å². The van der Waals surface area contributed by atoms with Gasteiger partial charge in [-0.2, -0.15) is 4.98 Å². The number of nitro groups is 1.